The highest BCUT2D eigenvalue weighted by Crippen LogP contribution is 2.33. The van der Waals surface area contributed by atoms with Crippen LogP contribution in [0, 0.1) is 0 Å². The fourth-order valence-electron chi connectivity index (χ4n) is 2.84. The highest BCUT2D eigenvalue weighted by Gasteiger charge is 2.18. The Labute approximate surface area is 118 Å². The predicted molar refractivity (Wildman–Crippen MR) is 80.9 cm³/mol. The molecule has 1 aromatic carbocycles. The summed E-state index contributed by atoms with van der Waals surface area (Å²) in [6, 6.07) is 8.25. The van der Waals surface area contributed by atoms with E-state index in [0.717, 1.165) is 24.9 Å². The van der Waals surface area contributed by atoms with Crippen LogP contribution in [-0.4, -0.2) is 24.0 Å². The van der Waals surface area contributed by atoms with Crippen molar-refractivity contribution < 1.29 is 4.79 Å². The van der Waals surface area contributed by atoms with Gasteiger partial charge in [0.2, 0.25) is 5.91 Å². The molecule has 1 heterocycles. The van der Waals surface area contributed by atoms with Gasteiger partial charge in [-0.15, -0.1) is 0 Å². The lowest BCUT2D eigenvalue weighted by Gasteiger charge is -2.14. The highest BCUT2D eigenvalue weighted by atomic mass is 16.1. The molecule has 1 aliphatic carbocycles. The normalized spacial score (nSPS) is 13.2. The topological polar surface area (TPSA) is 54.0 Å². The molecular formula is C16H19N3O. The van der Waals surface area contributed by atoms with E-state index in [2.05, 4.69) is 22.8 Å². The molecule has 0 fully saturated rings. The number of aromatic nitrogens is 1. The third-order valence-electron chi connectivity index (χ3n) is 3.72. The molecule has 0 unspecified atom stereocenters. The van der Waals surface area contributed by atoms with Gasteiger partial charge in [0.15, 0.2) is 0 Å². The number of nitrogens with one attached hydrogen (secondary N) is 2. The number of para-hydroxylation sites is 1. The Balaban J connectivity index is 1.90. The summed E-state index contributed by atoms with van der Waals surface area (Å²) in [5, 5.41) is 7.48. The number of hydrogen-bond donors (Lipinski definition) is 2. The Morgan fingerprint density at radius 2 is 2.10 bits per heavy atom. The van der Waals surface area contributed by atoms with Crippen molar-refractivity contribution in [2.75, 3.05) is 18.4 Å². The first kappa shape index (κ1) is 12.9. The van der Waals surface area contributed by atoms with E-state index >= 15 is 0 Å². The van der Waals surface area contributed by atoms with Crippen LogP contribution in [0.4, 0.5) is 5.69 Å². The maximum Gasteiger partial charge on any atom is 0.216 e. The largest absolute Gasteiger partial charge is 0.382 e. The molecule has 0 bridgehead atoms. The Kier molecular flexibility index (Phi) is 3.54. The van der Waals surface area contributed by atoms with Crippen LogP contribution < -0.4 is 10.6 Å². The van der Waals surface area contributed by atoms with Crippen molar-refractivity contribution >= 4 is 22.5 Å². The van der Waals surface area contributed by atoms with Crippen LogP contribution in [-0.2, 0) is 17.6 Å². The van der Waals surface area contributed by atoms with Crippen LogP contribution in [0.1, 0.15) is 24.6 Å². The lowest BCUT2D eigenvalue weighted by Crippen LogP contribution is -2.26. The molecular weight excluding hydrogens is 250 g/mol. The summed E-state index contributed by atoms with van der Waals surface area (Å²) in [5.41, 5.74) is 4.83. The third-order valence-corrected chi connectivity index (χ3v) is 3.72. The molecule has 1 amide bonds. The summed E-state index contributed by atoms with van der Waals surface area (Å²) in [5.74, 6) is 0.0108. The van der Waals surface area contributed by atoms with Crippen LogP contribution in [0.5, 0.6) is 0 Å². The fraction of sp³-hybridized carbons (Fsp3) is 0.375. The number of hydrogen-bond acceptors (Lipinski definition) is 3. The number of pyridine rings is 1. The van der Waals surface area contributed by atoms with E-state index in [0.29, 0.717) is 6.54 Å². The molecule has 0 radical (unpaired) electrons. The zero-order chi connectivity index (χ0) is 13.9. The minimum Gasteiger partial charge on any atom is -0.382 e. The first-order valence-electron chi connectivity index (χ1n) is 7.14. The average molecular weight is 269 g/mol. The minimum atomic E-state index is 0.0108. The molecule has 0 aliphatic heterocycles. The quantitative estimate of drug-likeness (QED) is 0.837. The Morgan fingerprint density at radius 1 is 1.25 bits per heavy atom. The maximum atomic E-state index is 10.9. The number of rotatable bonds is 4. The number of carbonyl (C=O) groups excluding carboxylic acids is 1. The second kappa shape index (κ2) is 5.49. The smallest absolute Gasteiger partial charge is 0.216 e. The molecule has 1 aromatic heterocycles. The maximum absolute atomic E-state index is 10.9. The summed E-state index contributed by atoms with van der Waals surface area (Å²) in [7, 11) is 0. The SMILES string of the molecule is CC(=O)NCCNc1c2c(nc3ccccc13)CCC2. The van der Waals surface area contributed by atoms with E-state index in [1.54, 1.807) is 6.92 Å². The Hall–Kier alpha value is -2.10. The van der Waals surface area contributed by atoms with Gasteiger partial charge in [0, 0.05) is 36.8 Å². The number of nitrogens with zero attached hydrogens (tertiary/aromatic N) is 1. The van der Waals surface area contributed by atoms with E-state index in [4.69, 9.17) is 4.98 Å². The van der Waals surface area contributed by atoms with Crippen molar-refractivity contribution in [1.82, 2.24) is 10.3 Å². The molecule has 104 valence electrons. The number of amides is 1. The standard InChI is InChI=1S/C16H19N3O/c1-11(20)17-9-10-18-16-12-5-2-3-7-14(12)19-15-8-4-6-13(15)16/h2-3,5,7H,4,6,8-10H2,1H3,(H,17,20)(H,18,19). The first-order valence-corrected chi connectivity index (χ1v) is 7.14. The van der Waals surface area contributed by atoms with Gasteiger partial charge in [-0.2, -0.15) is 0 Å². The van der Waals surface area contributed by atoms with Gasteiger partial charge < -0.3 is 10.6 Å². The molecule has 2 N–H and O–H groups in total. The fourth-order valence-corrected chi connectivity index (χ4v) is 2.84. The molecule has 0 saturated carbocycles. The molecule has 4 heteroatoms. The van der Waals surface area contributed by atoms with Gasteiger partial charge in [0.25, 0.3) is 0 Å². The van der Waals surface area contributed by atoms with Gasteiger partial charge in [-0.05, 0) is 30.9 Å². The van der Waals surface area contributed by atoms with Crippen molar-refractivity contribution in [3.05, 3.63) is 35.5 Å². The first-order chi connectivity index (χ1) is 9.75. The van der Waals surface area contributed by atoms with E-state index in [9.17, 15) is 4.79 Å². The van der Waals surface area contributed by atoms with Crippen LogP contribution in [0.15, 0.2) is 24.3 Å². The Bertz CT molecular complexity index is 651. The predicted octanol–water partition coefficient (Wildman–Crippen LogP) is 2.27. The van der Waals surface area contributed by atoms with Crippen LogP contribution in [0.25, 0.3) is 10.9 Å². The van der Waals surface area contributed by atoms with Crippen molar-refractivity contribution in [2.24, 2.45) is 0 Å². The molecule has 0 atom stereocenters. The highest BCUT2D eigenvalue weighted by molar-refractivity contribution is 5.93. The van der Waals surface area contributed by atoms with Crippen LogP contribution in [0.2, 0.25) is 0 Å². The average Bonchev–Trinajstić information content (AvgIpc) is 2.90. The van der Waals surface area contributed by atoms with Crippen molar-refractivity contribution in [2.45, 2.75) is 26.2 Å². The molecule has 3 rings (SSSR count). The molecule has 20 heavy (non-hydrogen) atoms. The number of aryl methyl sites for hydroxylation is 1. The summed E-state index contributed by atoms with van der Waals surface area (Å²) in [6.07, 6.45) is 3.34. The van der Waals surface area contributed by atoms with E-state index in [-0.39, 0.29) is 5.91 Å². The van der Waals surface area contributed by atoms with Crippen molar-refractivity contribution in [3.8, 4) is 0 Å². The summed E-state index contributed by atoms with van der Waals surface area (Å²) in [4.78, 5) is 15.7. The lowest BCUT2D eigenvalue weighted by molar-refractivity contribution is -0.118. The summed E-state index contributed by atoms with van der Waals surface area (Å²) < 4.78 is 0. The van der Waals surface area contributed by atoms with Gasteiger partial charge in [0.05, 0.1) is 5.52 Å². The van der Waals surface area contributed by atoms with Crippen LogP contribution >= 0.6 is 0 Å². The number of carbonyl (C=O) groups is 1. The van der Waals surface area contributed by atoms with Gasteiger partial charge in [-0.3, -0.25) is 9.78 Å². The monoisotopic (exact) mass is 269 g/mol. The molecule has 1 aliphatic rings. The van der Waals surface area contributed by atoms with E-state index in [1.165, 1.54) is 28.8 Å². The summed E-state index contributed by atoms with van der Waals surface area (Å²) >= 11 is 0. The van der Waals surface area contributed by atoms with Gasteiger partial charge >= 0.3 is 0 Å². The van der Waals surface area contributed by atoms with Crippen molar-refractivity contribution in [1.29, 1.82) is 0 Å². The van der Waals surface area contributed by atoms with E-state index in [1.807, 2.05) is 12.1 Å². The molecule has 4 nitrogen and oxygen atoms in total. The second-order valence-electron chi connectivity index (χ2n) is 5.19. The zero-order valence-electron chi connectivity index (χ0n) is 11.7. The van der Waals surface area contributed by atoms with Gasteiger partial charge in [0.1, 0.15) is 0 Å². The lowest BCUT2D eigenvalue weighted by atomic mass is 10.1. The number of fused-ring (bicyclic) bond motifs is 2. The third kappa shape index (κ3) is 2.46. The van der Waals surface area contributed by atoms with Gasteiger partial charge in [-0.1, -0.05) is 18.2 Å². The van der Waals surface area contributed by atoms with Crippen LogP contribution in [0.3, 0.4) is 0 Å². The molecule has 0 spiro atoms. The van der Waals surface area contributed by atoms with E-state index < -0.39 is 0 Å². The Morgan fingerprint density at radius 3 is 2.95 bits per heavy atom. The minimum absolute atomic E-state index is 0.0108. The second-order valence-corrected chi connectivity index (χ2v) is 5.19. The van der Waals surface area contributed by atoms with Crippen molar-refractivity contribution in [3.63, 3.8) is 0 Å². The molecule has 2 aromatic rings. The molecule has 0 saturated heterocycles. The summed E-state index contributed by atoms with van der Waals surface area (Å²) in [6.45, 7) is 2.92. The zero-order valence-corrected chi connectivity index (χ0v) is 11.7. The van der Waals surface area contributed by atoms with Gasteiger partial charge in [-0.25, -0.2) is 0 Å². The number of anilines is 1. The number of benzene rings is 1.